The van der Waals surface area contributed by atoms with E-state index in [1.807, 2.05) is 30.3 Å². The Morgan fingerprint density at radius 3 is 2.36 bits per heavy atom. The monoisotopic (exact) mass is 299 g/mol. The van der Waals surface area contributed by atoms with Gasteiger partial charge in [0.1, 0.15) is 17.9 Å². The second kappa shape index (κ2) is 6.76. The number of carbonyl (C=O) groups excluding carboxylic acids is 2. The topological polar surface area (TPSA) is 78.6 Å². The summed E-state index contributed by atoms with van der Waals surface area (Å²) in [6.45, 7) is 1.67. The lowest BCUT2D eigenvalue weighted by atomic mass is 10.0. The highest BCUT2D eigenvalue weighted by molar-refractivity contribution is 6.03. The molecule has 0 radical (unpaired) electrons. The molecule has 0 amide bonds. The average Bonchev–Trinajstić information content (AvgIpc) is 2.52. The van der Waals surface area contributed by atoms with Gasteiger partial charge in [0.15, 0.2) is 5.78 Å². The molecule has 0 aliphatic carbocycles. The molecule has 0 aromatic heterocycles. The van der Waals surface area contributed by atoms with Crippen LogP contribution in [0.2, 0.25) is 0 Å². The fourth-order valence-electron chi connectivity index (χ4n) is 2.02. The zero-order chi connectivity index (χ0) is 16.1. The Bertz CT molecular complexity index is 695. The highest BCUT2D eigenvalue weighted by Gasteiger charge is 2.18. The van der Waals surface area contributed by atoms with Crippen LogP contribution in [0.5, 0.6) is 5.75 Å². The van der Waals surface area contributed by atoms with E-state index in [9.17, 15) is 9.59 Å². The molecule has 114 valence electrons. The van der Waals surface area contributed by atoms with Crippen molar-refractivity contribution in [2.75, 3.05) is 12.8 Å². The summed E-state index contributed by atoms with van der Waals surface area (Å²) in [6.07, 6.45) is 0. The van der Waals surface area contributed by atoms with Crippen molar-refractivity contribution in [3.8, 4) is 5.75 Å². The Labute approximate surface area is 128 Å². The number of carbonyl (C=O) groups is 2. The molecule has 5 nitrogen and oxygen atoms in total. The predicted molar refractivity (Wildman–Crippen MR) is 83.0 cm³/mol. The van der Waals surface area contributed by atoms with E-state index in [1.165, 1.54) is 26.2 Å². The number of anilines is 1. The molecule has 0 spiro atoms. The quantitative estimate of drug-likeness (QED) is 0.522. The third kappa shape index (κ3) is 3.44. The molecule has 2 rings (SSSR count). The number of ether oxygens (including phenoxy) is 2. The van der Waals surface area contributed by atoms with Gasteiger partial charge in [-0.05, 0) is 18.6 Å². The molecule has 22 heavy (non-hydrogen) atoms. The summed E-state index contributed by atoms with van der Waals surface area (Å²) in [5.41, 5.74) is 7.52. The number of rotatable bonds is 5. The van der Waals surface area contributed by atoms with Gasteiger partial charge in [-0.25, -0.2) is 4.79 Å². The van der Waals surface area contributed by atoms with Gasteiger partial charge in [0.2, 0.25) is 0 Å². The van der Waals surface area contributed by atoms with Crippen LogP contribution in [0.1, 0.15) is 33.2 Å². The highest BCUT2D eigenvalue weighted by Crippen LogP contribution is 2.27. The third-order valence-corrected chi connectivity index (χ3v) is 3.17. The van der Waals surface area contributed by atoms with Gasteiger partial charge in [-0.2, -0.15) is 0 Å². The first-order valence-corrected chi connectivity index (χ1v) is 6.72. The summed E-state index contributed by atoms with van der Waals surface area (Å²) in [6, 6.07) is 12.4. The van der Waals surface area contributed by atoms with Crippen LogP contribution >= 0.6 is 0 Å². The molecule has 0 bridgehead atoms. The maximum absolute atomic E-state index is 11.9. The van der Waals surface area contributed by atoms with Crippen molar-refractivity contribution < 1.29 is 19.1 Å². The molecule has 0 saturated heterocycles. The fraction of sp³-hybridized carbons (Fsp3) is 0.176. The minimum Gasteiger partial charge on any atom is -0.488 e. The molecule has 0 aliphatic heterocycles. The van der Waals surface area contributed by atoms with Crippen LogP contribution in [0.3, 0.4) is 0 Å². The minimum atomic E-state index is -0.578. The predicted octanol–water partition coefficient (Wildman–Crippen LogP) is 2.84. The first kappa shape index (κ1) is 15.6. The van der Waals surface area contributed by atoms with Gasteiger partial charge >= 0.3 is 5.97 Å². The van der Waals surface area contributed by atoms with Gasteiger partial charge in [0.05, 0.1) is 7.11 Å². The minimum absolute atomic E-state index is 0.179. The van der Waals surface area contributed by atoms with Crippen molar-refractivity contribution >= 4 is 17.4 Å². The summed E-state index contributed by atoms with van der Waals surface area (Å²) < 4.78 is 10.4. The van der Waals surface area contributed by atoms with E-state index in [-0.39, 0.29) is 29.2 Å². The van der Waals surface area contributed by atoms with E-state index < -0.39 is 5.97 Å². The van der Waals surface area contributed by atoms with Crippen LogP contribution in [0.4, 0.5) is 5.69 Å². The molecule has 0 aliphatic rings. The van der Waals surface area contributed by atoms with Gasteiger partial charge in [0.25, 0.3) is 0 Å². The Hall–Kier alpha value is -2.82. The summed E-state index contributed by atoms with van der Waals surface area (Å²) in [7, 11) is 1.27. The Morgan fingerprint density at radius 2 is 1.77 bits per heavy atom. The van der Waals surface area contributed by atoms with Gasteiger partial charge < -0.3 is 15.2 Å². The first-order valence-electron chi connectivity index (χ1n) is 6.72. The maximum atomic E-state index is 11.9. The van der Waals surface area contributed by atoms with Crippen molar-refractivity contribution in [1.29, 1.82) is 0 Å². The molecule has 0 saturated carbocycles. The van der Waals surface area contributed by atoms with E-state index >= 15 is 0 Å². The van der Waals surface area contributed by atoms with Crippen molar-refractivity contribution in [1.82, 2.24) is 0 Å². The zero-order valence-electron chi connectivity index (χ0n) is 12.5. The van der Waals surface area contributed by atoms with Crippen LogP contribution in [0.15, 0.2) is 42.5 Å². The van der Waals surface area contributed by atoms with Crippen molar-refractivity contribution in [3.63, 3.8) is 0 Å². The lowest BCUT2D eigenvalue weighted by Crippen LogP contribution is -2.10. The Kier molecular flexibility index (Phi) is 4.78. The Balaban J connectivity index is 2.34. The molecule has 2 N–H and O–H groups in total. The highest BCUT2D eigenvalue weighted by atomic mass is 16.5. The van der Waals surface area contributed by atoms with Gasteiger partial charge in [-0.3, -0.25) is 4.79 Å². The van der Waals surface area contributed by atoms with Gasteiger partial charge in [-0.1, -0.05) is 30.3 Å². The number of nitrogen functional groups attached to an aromatic ring is 1. The molecule has 0 atom stereocenters. The van der Waals surface area contributed by atoms with Crippen LogP contribution < -0.4 is 10.5 Å². The lowest BCUT2D eigenvalue weighted by Gasteiger charge is -2.13. The largest absolute Gasteiger partial charge is 0.488 e. The maximum Gasteiger partial charge on any atom is 0.341 e. The summed E-state index contributed by atoms with van der Waals surface area (Å²) in [4.78, 5) is 23.4. The number of ketones is 1. The number of hydrogen-bond donors (Lipinski definition) is 1. The van der Waals surface area contributed by atoms with Gasteiger partial charge in [-0.15, -0.1) is 0 Å². The molecule has 0 unspecified atom stereocenters. The SMILES string of the molecule is COC(=O)c1cc(C(C)=O)c(N)cc1OCc1ccccc1. The summed E-state index contributed by atoms with van der Waals surface area (Å²) in [5.74, 6) is -0.513. The Morgan fingerprint density at radius 1 is 1.09 bits per heavy atom. The third-order valence-electron chi connectivity index (χ3n) is 3.17. The normalized spacial score (nSPS) is 10.1. The smallest absolute Gasteiger partial charge is 0.341 e. The molecule has 5 heteroatoms. The van der Waals surface area contributed by atoms with Crippen molar-refractivity contribution in [2.24, 2.45) is 0 Å². The van der Waals surface area contributed by atoms with Crippen molar-refractivity contribution in [2.45, 2.75) is 13.5 Å². The molecular weight excluding hydrogens is 282 g/mol. The zero-order valence-corrected chi connectivity index (χ0v) is 12.5. The van der Waals surface area contributed by atoms with E-state index in [2.05, 4.69) is 0 Å². The van der Waals surface area contributed by atoms with Crippen LogP contribution in [-0.2, 0) is 11.3 Å². The van der Waals surface area contributed by atoms with Gasteiger partial charge in [0, 0.05) is 17.3 Å². The summed E-state index contributed by atoms with van der Waals surface area (Å²) >= 11 is 0. The summed E-state index contributed by atoms with van der Waals surface area (Å²) in [5, 5.41) is 0. The van der Waals surface area contributed by atoms with Crippen LogP contribution in [0, 0.1) is 0 Å². The second-order valence-corrected chi connectivity index (χ2v) is 4.76. The fourth-order valence-corrected chi connectivity index (χ4v) is 2.02. The standard InChI is InChI=1S/C17H17NO4/c1-11(19)13-8-14(17(20)21-2)16(9-15(13)18)22-10-12-6-4-3-5-7-12/h3-9H,10,18H2,1-2H3. The number of esters is 1. The van der Waals surface area contributed by atoms with E-state index in [0.717, 1.165) is 5.56 Å². The van der Waals surface area contributed by atoms with E-state index in [0.29, 0.717) is 5.75 Å². The molecule has 2 aromatic carbocycles. The van der Waals surface area contributed by atoms with E-state index in [1.54, 1.807) is 0 Å². The second-order valence-electron chi connectivity index (χ2n) is 4.76. The molecule has 2 aromatic rings. The number of nitrogens with two attached hydrogens (primary N) is 1. The number of hydrogen-bond acceptors (Lipinski definition) is 5. The van der Waals surface area contributed by atoms with Crippen molar-refractivity contribution in [3.05, 3.63) is 59.2 Å². The molecular formula is C17H17NO4. The number of benzene rings is 2. The average molecular weight is 299 g/mol. The first-order chi connectivity index (χ1) is 10.5. The molecule has 0 fully saturated rings. The number of Topliss-reactive ketones (excluding diaryl/α,β-unsaturated/α-hetero) is 1. The number of methoxy groups -OCH3 is 1. The molecule has 0 heterocycles. The van der Waals surface area contributed by atoms with Crippen LogP contribution in [0.25, 0.3) is 0 Å². The lowest BCUT2D eigenvalue weighted by molar-refractivity contribution is 0.0595. The van der Waals surface area contributed by atoms with Crippen LogP contribution in [-0.4, -0.2) is 18.9 Å². The van der Waals surface area contributed by atoms with E-state index in [4.69, 9.17) is 15.2 Å².